The standard InChI is InChI=1S/C22H35N3O5SSi/c1-13-11-15(20(27)28)19(31-13)25-14(2)23-24-18(25)16(12-17(26)29-21(3,4)5)30-32(9,10)22(6,7)8/h11,16H,12H2,1-10H3,(H,27,28)/t16-/m0/s1. The fourth-order valence-corrected chi connectivity index (χ4v) is 5.22. The molecule has 2 heterocycles. The van der Waals surface area contributed by atoms with Gasteiger partial charge in [-0.25, -0.2) is 4.79 Å². The summed E-state index contributed by atoms with van der Waals surface area (Å²) in [5.74, 6) is -0.508. The van der Waals surface area contributed by atoms with Crippen molar-refractivity contribution in [3.8, 4) is 5.00 Å². The summed E-state index contributed by atoms with van der Waals surface area (Å²) >= 11 is 1.34. The molecule has 2 aromatic rings. The van der Waals surface area contributed by atoms with E-state index in [1.807, 2.05) is 27.7 Å². The van der Waals surface area contributed by atoms with Crippen molar-refractivity contribution in [2.75, 3.05) is 0 Å². The highest BCUT2D eigenvalue weighted by Gasteiger charge is 2.42. The number of aryl methyl sites for hydroxylation is 2. The van der Waals surface area contributed by atoms with Gasteiger partial charge in [-0.15, -0.1) is 21.5 Å². The van der Waals surface area contributed by atoms with E-state index in [9.17, 15) is 14.7 Å². The van der Waals surface area contributed by atoms with Crippen LogP contribution in [0, 0.1) is 13.8 Å². The van der Waals surface area contributed by atoms with Gasteiger partial charge < -0.3 is 14.3 Å². The van der Waals surface area contributed by atoms with Gasteiger partial charge in [0.1, 0.15) is 22.5 Å². The Labute approximate surface area is 195 Å². The van der Waals surface area contributed by atoms with E-state index in [2.05, 4.69) is 44.1 Å². The average molecular weight is 482 g/mol. The Bertz CT molecular complexity index is 998. The highest BCUT2D eigenvalue weighted by Crippen LogP contribution is 2.41. The second-order valence-electron chi connectivity index (χ2n) is 10.5. The third-order valence-electron chi connectivity index (χ3n) is 5.42. The van der Waals surface area contributed by atoms with Crippen molar-refractivity contribution < 1.29 is 23.9 Å². The summed E-state index contributed by atoms with van der Waals surface area (Å²) in [5, 5.41) is 18.7. The Kier molecular flexibility index (Phi) is 7.43. The maximum Gasteiger partial charge on any atom is 0.338 e. The molecule has 0 spiro atoms. The molecule has 0 radical (unpaired) electrons. The van der Waals surface area contributed by atoms with Crippen LogP contribution in [0.2, 0.25) is 18.1 Å². The SMILES string of the molecule is Cc1cc(C(=O)O)c(-n2c(C)nnc2[C@H](CC(=O)OC(C)(C)C)O[Si](C)(C)C(C)(C)C)s1. The molecule has 0 aliphatic carbocycles. The summed E-state index contributed by atoms with van der Waals surface area (Å²) < 4.78 is 13.9. The number of esters is 1. The van der Waals surface area contributed by atoms with Crippen molar-refractivity contribution >= 4 is 31.6 Å². The molecule has 0 aliphatic heterocycles. The highest BCUT2D eigenvalue weighted by molar-refractivity contribution is 7.14. The van der Waals surface area contributed by atoms with Gasteiger partial charge in [0.25, 0.3) is 0 Å². The summed E-state index contributed by atoms with van der Waals surface area (Å²) in [5.41, 5.74) is -0.469. The lowest BCUT2D eigenvalue weighted by molar-refractivity contribution is -0.157. The van der Waals surface area contributed by atoms with E-state index in [0.29, 0.717) is 16.6 Å². The molecule has 0 saturated carbocycles. The van der Waals surface area contributed by atoms with Crippen LogP contribution in [-0.4, -0.2) is 45.7 Å². The molecule has 2 rings (SSSR count). The van der Waals surface area contributed by atoms with Crippen molar-refractivity contribution in [3.63, 3.8) is 0 Å². The van der Waals surface area contributed by atoms with E-state index in [1.165, 1.54) is 11.3 Å². The van der Waals surface area contributed by atoms with Gasteiger partial charge >= 0.3 is 11.9 Å². The van der Waals surface area contributed by atoms with Crippen molar-refractivity contribution in [1.82, 2.24) is 14.8 Å². The molecule has 8 nitrogen and oxygen atoms in total. The second-order valence-corrected chi connectivity index (χ2v) is 16.5. The number of ether oxygens (including phenoxy) is 1. The number of rotatable bonds is 7. The number of thiophene rings is 1. The highest BCUT2D eigenvalue weighted by atomic mass is 32.1. The van der Waals surface area contributed by atoms with E-state index in [4.69, 9.17) is 9.16 Å². The van der Waals surface area contributed by atoms with Gasteiger partial charge in [0.2, 0.25) is 0 Å². The van der Waals surface area contributed by atoms with Crippen LogP contribution < -0.4 is 0 Å². The fourth-order valence-electron chi connectivity index (χ4n) is 2.91. The number of carboxylic acids is 1. The Morgan fingerprint density at radius 2 is 1.75 bits per heavy atom. The van der Waals surface area contributed by atoms with Crippen molar-refractivity contribution in [3.05, 3.63) is 28.2 Å². The molecule has 0 aliphatic rings. The summed E-state index contributed by atoms with van der Waals surface area (Å²) in [7, 11) is -2.32. The first-order valence-corrected chi connectivity index (χ1v) is 14.3. The third-order valence-corrected chi connectivity index (χ3v) is 10.9. The third kappa shape index (κ3) is 6.05. The maximum atomic E-state index is 12.8. The molecule has 0 aromatic carbocycles. The minimum absolute atomic E-state index is 0.0469. The molecular weight excluding hydrogens is 446 g/mol. The Balaban J connectivity index is 2.60. The minimum atomic E-state index is -2.32. The monoisotopic (exact) mass is 481 g/mol. The molecule has 1 N–H and O–H groups in total. The molecule has 0 saturated heterocycles. The van der Waals surface area contributed by atoms with Crippen molar-refractivity contribution in [1.29, 1.82) is 0 Å². The predicted molar refractivity (Wildman–Crippen MR) is 127 cm³/mol. The minimum Gasteiger partial charge on any atom is -0.478 e. The number of carboxylic acid groups (broad SMARTS) is 1. The average Bonchev–Trinajstić information content (AvgIpc) is 3.13. The van der Waals surface area contributed by atoms with Crippen LogP contribution >= 0.6 is 11.3 Å². The summed E-state index contributed by atoms with van der Waals surface area (Å²) in [6.45, 7) is 19.6. The zero-order chi connectivity index (χ0) is 24.6. The number of hydrogen-bond acceptors (Lipinski definition) is 7. The van der Waals surface area contributed by atoms with E-state index in [0.717, 1.165) is 4.88 Å². The van der Waals surface area contributed by atoms with Gasteiger partial charge in [-0.2, -0.15) is 0 Å². The number of aromatic carboxylic acids is 1. The first-order chi connectivity index (χ1) is 14.4. The van der Waals surface area contributed by atoms with Crippen LogP contribution in [0.1, 0.15) is 81.0 Å². The topological polar surface area (TPSA) is 104 Å². The molecule has 0 fully saturated rings. The smallest absolute Gasteiger partial charge is 0.338 e. The van der Waals surface area contributed by atoms with Gasteiger partial charge in [0, 0.05) is 4.88 Å². The van der Waals surface area contributed by atoms with Gasteiger partial charge in [-0.05, 0) is 58.8 Å². The second kappa shape index (κ2) is 9.07. The molecule has 0 amide bonds. The Morgan fingerprint density at radius 1 is 1.16 bits per heavy atom. The van der Waals surface area contributed by atoms with Crippen LogP contribution in [-0.2, 0) is 14.0 Å². The van der Waals surface area contributed by atoms with Crippen LogP contribution in [0.3, 0.4) is 0 Å². The molecule has 1 atom stereocenters. The summed E-state index contributed by atoms with van der Waals surface area (Å²) in [4.78, 5) is 25.5. The van der Waals surface area contributed by atoms with Crippen LogP contribution in [0.25, 0.3) is 5.00 Å². The van der Waals surface area contributed by atoms with E-state index >= 15 is 0 Å². The molecule has 0 bridgehead atoms. The number of nitrogens with zero attached hydrogens (tertiary/aromatic N) is 3. The van der Waals surface area contributed by atoms with Crippen molar-refractivity contribution in [2.45, 2.75) is 91.6 Å². The zero-order valence-electron chi connectivity index (χ0n) is 20.7. The number of hydrogen-bond donors (Lipinski definition) is 1. The number of carbonyl (C=O) groups excluding carboxylic acids is 1. The summed E-state index contributed by atoms with van der Waals surface area (Å²) in [6, 6.07) is 1.63. The maximum absolute atomic E-state index is 12.8. The molecular formula is C22H35N3O5SSi. The molecule has 0 unspecified atom stereocenters. The number of carbonyl (C=O) groups is 2. The van der Waals surface area contributed by atoms with Crippen LogP contribution in [0.15, 0.2) is 6.07 Å². The normalized spacial score (nSPS) is 13.8. The zero-order valence-corrected chi connectivity index (χ0v) is 22.5. The fraction of sp³-hybridized carbons (Fsp3) is 0.636. The Morgan fingerprint density at radius 3 is 2.25 bits per heavy atom. The quantitative estimate of drug-likeness (QED) is 0.415. The molecule has 10 heteroatoms. The molecule has 178 valence electrons. The van der Waals surface area contributed by atoms with E-state index in [-0.39, 0.29) is 17.0 Å². The van der Waals surface area contributed by atoms with Gasteiger partial charge in [-0.3, -0.25) is 9.36 Å². The lowest BCUT2D eigenvalue weighted by Crippen LogP contribution is -2.42. The molecule has 32 heavy (non-hydrogen) atoms. The largest absolute Gasteiger partial charge is 0.478 e. The summed E-state index contributed by atoms with van der Waals surface area (Å²) in [6.07, 6.45) is -0.773. The predicted octanol–water partition coefficient (Wildman–Crippen LogP) is 5.44. The number of aromatic nitrogens is 3. The lowest BCUT2D eigenvalue weighted by atomic mass is 10.2. The van der Waals surface area contributed by atoms with E-state index in [1.54, 1.807) is 17.6 Å². The van der Waals surface area contributed by atoms with Crippen LogP contribution in [0.4, 0.5) is 0 Å². The Hall–Kier alpha value is -2.04. The molecule has 2 aromatic heterocycles. The van der Waals surface area contributed by atoms with Gasteiger partial charge in [0.05, 0.1) is 12.0 Å². The first-order valence-electron chi connectivity index (χ1n) is 10.6. The van der Waals surface area contributed by atoms with E-state index < -0.39 is 32.0 Å². The van der Waals surface area contributed by atoms with Crippen LogP contribution in [0.5, 0.6) is 0 Å². The van der Waals surface area contributed by atoms with Gasteiger partial charge in [-0.1, -0.05) is 20.8 Å². The van der Waals surface area contributed by atoms with Gasteiger partial charge in [0.15, 0.2) is 14.1 Å². The first kappa shape index (κ1) is 26.2. The van der Waals surface area contributed by atoms with Crippen molar-refractivity contribution in [2.24, 2.45) is 0 Å². The lowest BCUT2D eigenvalue weighted by Gasteiger charge is -2.39.